The van der Waals surface area contributed by atoms with Crippen molar-refractivity contribution in [1.82, 2.24) is 9.54 Å². The van der Waals surface area contributed by atoms with Gasteiger partial charge in [-0.2, -0.15) is 0 Å². The van der Waals surface area contributed by atoms with Gasteiger partial charge in [-0.25, -0.2) is 4.39 Å². The number of anilines is 2. The molecule has 0 bridgehead atoms. The normalized spacial score (nSPS) is 13.0. The van der Waals surface area contributed by atoms with Crippen LogP contribution in [-0.4, -0.2) is 31.2 Å². The van der Waals surface area contributed by atoms with Crippen LogP contribution in [0.3, 0.4) is 0 Å². The smallest absolute Gasteiger partial charge is 0.292 e. The summed E-state index contributed by atoms with van der Waals surface area (Å²) < 4.78 is 79.0. The fraction of sp³-hybridized carbons (Fsp3) is 0.0833. The predicted octanol–water partition coefficient (Wildman–Crippen LogP) is 5.05. The Labute approximate surface area is 222 Å². The molecule has 0 fully saturated rings. The summed E-state index contributed by atoms with van der Waals surface area (Å²) in [7, 11) is 0. The molecular weight excluding hydrogens is 487 g/mol. The number of hydrogen-bond donors (Lipinski definition) is 3. The number of amides is 2. The van der Waals surface area contributed by atoms with E-state index in [0.717, 1.165) is 28.8 Å². The van der Waals surface area contributed by atoms with Gasteiger partial charge < -0.3 is 20.2 Å². The van der Waals surface area contributed by atoms with Crippen LogP contribution < -0.4 is 10.6 Å². The number of nitrogens with one attached hydrogen (secondary N) is 3. The summed E-state index contributed by atoms with van der Waals surface area (Å²) in [6.45, 7) is 2.39. The number of nitro groups is 2. The molecule has 0 unspecified atom stereocenters. The first-order chi connectivity index (χ1) is 21.3. The monoisotopic (exact) mass is 519 g/mol. The van der Waals surface area contributed by atoms with Crippen molar-refractivity contribution in [2.45, 2.75) is 13.8 Å². The number of aromatic nitrogens is 2. The molecule has 13 heteroatoms. The van der Waals surface area contributed by atoms with E-state index < -0.39 is 51.9 Å². The van der Waals surface area contributed by atoms with E-state index in [1.54, 1.807) is 0 Å². The zero-order valence-electron chi connectivity index (χ0n) is 28.1. The van der Waals surface area contributed by atoms with Gasteiger partial charge >= 0.3 is 0 Å². The van der Waals surface area contributed by atoms with Gasteiger partial charge in [-0.3, -0.25) is 29.8 Å². The van der Waals surface area contributed by atoms with Gasteiger partial charge in [-0.05, 0) is 42.4 Å². The molecule has 2 aromatic heterocycles. The van der Waals surface area contributed by atoms with E-state index in [0.29, 0.717) is 4.98 Å². The maximum Gasteiger partial charge on any atom is 0.292 e. The molecule has 12 nitrogen and oxygen atoms in total. The molecule has 0 spiro atoms. The minimum atomic E-state index is -0.690. The standard InChI is InChI=1S/C12H11N3O3.C8H7FN2O3.C4H5N/c1-9(16)13-11-8-10(14-6-2-3-7-14)4-5-12(11)15(17)18;1-5(12)10-7-4-6(9)2-3-8(7)11(13)14;1-2-4-5-3-1/h2-8H,1H3,(H,13,16);2-4H,1H3,(H,10,12);1-5H/i2D,3D,6D,7D;;1D,2D,3D,4D/hD. The van der Waals surface area contributed by atoms with E-state index in [2.05, 4.69) is 10.6 Å². The molecule has 0 aliphatic heterocycles. The van der Waals surface area contributed by atoms with Gasteiger partial charge in [-0.1, -0.05) is 0 Å². The molecule has 0 saturated heterocycles. The number of rotatable bonds is 5. The first-order valence-electron chi connectivity index (χ1n) is 14.3. The number of halogens is 1. The summed E-state index contributed by atoms with van der Waals surface area (Å²) in [5.74, 6) is -1.63. The number of H-pyrrole nitrogens is 1. The lowest BCUT2D eigenvalue weighted by Gasteiger charge is -2.07. The number of nitro benzene ring substituents is 2. The summed E-state index contributed by atoms with van der Waals surface area (Å²) in [6.07, 6.45) is -1.57. The highest BCUT2D eigenvalue weighted by Gasteiger charge is 2.16. The Morgan fingerprint density at radius 3 is 1.81 bits per heavy atom. The Morgan fingerprint density at radius 2 is 1.38 bits per heavy atom. The van der Waals surface area contributed by atoms with Crippen LogP contribution >= 0.6 is 0 Å². The third-order valence-corrected chi connectivity index (χ3v) is 3.90. The molecule has 0 aliphatic rings. The first-order valence-corrected chi connectivity index (χ1v) is 9.87. The lowest BCUT2D eigenvalue weighted by atomic mass is 10.2. The van der Waals surface area contributed by atoms with E-state index >= 15 is 0 Å². The Morgan fingerprint density at radius 1 is 0.892 bits per heavy atom. The van der Waals surface area contributed by atoms with Crippen LogP contribution in [0.15, 0.2) is 85.3 Å². The molecule has 192 valence electrons. The van der Waals surface area contributed by atoms with Crippen LogP contribution in [0.5, 0.6) is 0 Å². The summed E-state index contributed by atoms with van der Waals surface area (Å²) in [6, 6.07) is 4.97. The predicted molar refractivity (Wildman–Crippen MR) is 135 cm³/mol. The molecule has 37 heavy (non-hydrogen) atoms. The third-order valence-electron chi connectivity index (χ3n) is 3.90. The Balaban J connectivity index is 0.000000262. The Kier molecular flexibility index (Phi) is 6.27. The van der Waals surface area contributed by atoms with Crippen molar-refractivity contribution >= 4 is 34.6 Å². The van der Waals surface area contributed by atoms with Gasteiger partial charge in [0.15, 0.2) is 1.41 Å². The molecule has 4 aromatic rings. The van der Waals surface area contributed by atoms with E-state index in [1.165, 1.54) is 26.0 Å². The second-order valence-corrected chi connectivity index (χ2v) is 6.63. The van der Waals surface area contributed by atoms with Crippen molar-refractivity contribution in [3.63, 3.8) is 0 Å². The summed E-state index contributed by atoms with van der Waals surface area (Å²) in [5.41, 5.74) is -0.706. The van der Waals surface area contributed by atoms with E-state index in [9.17, 15) is 34.2 Å². The van der Waals surface area contributed by atoms with Crippen LogP contribution in [0.2, 0.25) is 1.41 Å². The largest absolute Gasteiger partial charge is 0.368 e. The van der Waals surface area contributed by atoms with Crippen LogP contribution in [0.25, 0.3) is 5.69 Å². The fourth-order valence-corrected chi connectivity index (χ4v) is 2.53. The first kappa shape index (κ1) is 17.2. The highest BCUT2D eigenvalue weighted by molar-refractivity contribution is 5.92. The number of aromatic amines is 1. The lowest BCUT2D eigenvalue weighted by molar-refractivity contribution is -0.384. The van der Waals surface area contributed by atoms with Crippen molar-refractivity contribution in [3.05, 3.63) is 111 Å². The lowest BCUT2D eigenvalue weighted by Crippen LogP contribution is -2.08. The molecule has 3 N–H and O–H groups in total. The number of carbonyl (C=O) groups is 2. The van der Waals surface area contributed by atoms with Gasteiger partial charge in [-0.15, -0.1) is 0 Å². The highest BCUT2D eigenvalue weighted by atomic mass is 19.1. The number of carbonyl (C=O) groups excluding carboxylic acids is 2. The number of nitrogens with zero attached hydrogens (tertiary/aromatic N) is 3. The highest BCUT2D eigenvalue weighted by Crippen LogP contribution is 2.27. The maximum absolute atomic E-state index is 12.7. The molecule has 0 aliphatic carbocycles. The topological polar surface area (TPSA) is 165 Å². The number of hydrogen-bond acceptors (Lipinski definition) is 6. The average Bonchev–Trinajstić information content (AvgIpc) is 3.26. The summed E-state index contributed by atoms with van der Waals surface area (Å²) >= 11 is 0. The molecule has 2 heterocycles. The van der Waals surface area contributed by atoms with Gasteiger partial charge in [0.1, 0.15) is 17.2 Å². The van der Waals surface area contributed by atoms with E-state index in [-0.39, 0.29) is 52.9 Å². The molecule has 0 radical (unpaired) electrons. The second-order valence-electron chi connectivity index (χ2n) is 6.63. The van der Waals surface area contributed by atoms with Crippen LogP contribution in [0.1, 0.15) is 24.8 Å². The molecule has 2 amide bonds. The Hall–Kier alpha value is -5.33. The molecule has 0 atom stereocenters. The second kappa shape index (κ2) is 13.5. The van der Waals surface area contributed by atoms with Gasteiger partial charge in [0.25, 0.3) is 11.4 Å². The van der Waals surface area contributed by atoms with Crippen LogP contribution in [0, 0.1) is 26.0 Å². The van der Waals surface area contributed by atoms with Crippen LogP contribution in [-0.2, 0) is 9.59 Å². The molecule has 2 aromatic carbocycles. The van der Waals surface area contributed by atoms with Crippen LogP contribution in [0.4, 0.5) is 27.1 Å². The summed E-state index contributed by atoms with van der Waals surface area (Å²) in [5, 5.41) is 25.9. The SMILES string of the molecule is CC(=O)Nc1cc(F)ccc1[N+](=O)[O-].[2H]c1c([2H])c([2H])n(-c2ccc([N+](=O)[O-])c(NC(C)=O)c2)c1[2H].[2H]c1c([2H])c([2H])n([2H])c1[2H]. The fourth-order valence-electron chi connectivity index (χ4n) is 2.53. The van der Waals surface area contributed by atoms with Gasteiger partial charge in [0.2, 0.25) is 11.8 Å². The van der Waals surface area contributed by atoms with E-state index in [1.807, 2.05) is 0 Å². The minimum absolute atomic E-state index is 0.0828. The van der Waals surface area contributed by atoms with Crippen molar-refractivity contribution < 1.29 is 36.2 Å². The molecule has 4 rings (SSSR count). The van der Waals surface area contributed by atoms with Gasteiger partial charge in [0, 0.05) is 62.4 Å². The molecular formula is C24H23FN6O6. The van der Waals surface area contributed by atoms with E-state index in [4.69, 9.17) is 12.4 Å². The minimum Gasteiger partial charge on any atom is -0.368 e. The van der Waals surface area contributed by atoms with Crippen molar-refractivity contribution in [1.29, 1.82) is 0 Å². The average molecular weight is 520 g/mol. The quantitative estimate of drug-likeness (QED) is 0.246. The van der Waals surface area contributed by atoms with Crippen molar-refractivity contribution in [2.24, 2.45) is 0 Å². The Bertz CT molecular complexity index is 1740. The zero-order valence-corrected chi connectivity index (χ0v) is 19.1. The van der Waals surface area contributed by atoms with Crippen molar-refractivity contribution in [3.8, 4) is 5.69 Å². The van der Waals surface area contributed by atoms with Crippen molar-refractivity contribution in [2.75, 3.05) is 10.6 Å². The summed E-state index contributed by atoms with van der Waals surface area (Å²) in [4.78, 5) is 42.3. The maximum atomic E-state index is 12.7. The van der Waals surface area contributed by atoms with Gasteiger partial charge in [0.05, 0.1) is 20.8 Å². The zero-order chi connectivity index (χ0) is 35.2. The third kappa shape index (κ3) is 9.09. The molecule has 0 saturated carbocycles. The number of benzene rings is 2.